The van der Waals surface area contributed by atoms with E-state index in [1.54, 1.807) is 12.1 Å². The molecule has 0 saturated carbocycles. The number of ether oxygens (including phenoxy) is 1. The summed E-state index contributed by atoms with van der Waals surface area (Å²) < 4.78 is 10.1. The Kier molecular flexibility index (Phi) is 4.07. The van der Waals surface area contributed by atoms with Crippen molar-refractivity contribution in [1.29, 1.82) is 0 Å². The van der Waals surface area contributed by atoms with Gasteiger partial charge in [0.2, 0.25) is 17.6 Å². The highest BCUT2D eigenvalue weighted by Crippen LogP contribution is 2.25. The van der Waals surface area contributed by atoms with Crippen molar-refractivity contribution in [3.63, 3.8) is 0 Å². The maximum absolute atomic E-state index is 11.6. The molecule has 0 radical (unpaired) electrons. The fraction of sp³-hybridized carbons (Fsp3) is 0.462. The van der Waals surface area contributed by atoms with Gasteiger partial charge in [-0.1, -0.05) is 19.0 Å². The van der Waals surface area contributed by atoms with Crippen LogP contribution in [0.3, 0.4) is 0 Å². The number of aromatic nitrogens is 4. The van der Waals surface area contributed by atoms with Crippen molar-refractivity contribution in [2.45, 2.75) is 26.7 Å². The van der Waals surface area contributed by atoms with Gasteiger partial charge in [-0.25, -0.2) is 0 Å². The van der Waals surface area contributed by atoms with Gasteiger partial charge in [0.25, 0.3) is 0 Å². The Morgan fingerprint density at radius 2 is 2.05 bits per heavy atom. The Balaban J connectivity index is 2.29. The summed E-state index contributed by atoms with van der Waals surface area (Å²) in [5.74, 6) is 0.699. The summed E-state index contributed by atoms with van der Waals surface area (Å²) >= 11 is 0. The summed E-state index contributed by atoms with van der Waals surface area (Å²) in [6.07, 6.45) is 0. The van der Waals surface area contributed by atoms with E-state index in [9.17, 15) is 4.79 Å². The van der Waals surface area contributed by atoms with Crippen LogP contribution in [0.5, 0.6) is 5.88 Å². The third-order valence-corrected chi connectivity index (χ3v) is 2.89. The van der Waals surface area contributed by atoms with Crippen molar-refractivity contribution in [2.75, 3.05) is 7.11 Å². The number of carbonyl (C=O) groups is 1. The fourth-order valence-electron chi connectivity index (χ4n) is 1.94. The van der Waals surface area contributed by atoms with Crippen LogP contribution in [-0.2, 0) is 4.79 Å². The zero-order valence-electron chi connectivity index (χ0n) is 11.8. The van der Waals surface area contributed by atoms with E-state index in [-0.39, 0.29) is 11.7 Å². The molecule has 0 saturated heterocycles. The topological polar surface area (TPSA) is 91.0 Å². The predicted octanol–water partition coefficient (Wildman–Crippen LogP) is 1.86. The first kappa shape index (κ1) is 14.1. The summed E-state index contributed by atoms with van der Waals surface area (Å²) in [6, 6.07) is 3.34. The molecule has 2 heterocycles. The minimum Gasteiger partial charge on any atom is -0.480 e. The van der Waals surface area contributed by atoms with Gasteiger partial charge in [0.1, 0.15) is 11.5 Å². The molecule has 0 amide bonds. The molecule has 0 aliphatic carbocycles. The van der Waals surface area contributed by atoms with Crippen LogP contribution in [-0.4, -0.2) is 33.2 Å². The van der Waals surface area contributed by atoms with E-state index in [1.165, 1.54) is 14.0 Å². The van der Waals surface area contributed by atoms with Gasteiger partial charge in [-0.15, -0.1) is 10.2 Å². The lowest BCUT2D eigenvalue weighted by atomic mass is 9.92. The first-order chi connectivity index (χ1) is 9.52. The largest absolute Gasteiger partial charge is 0.480 e. The van der Waals surface area contributed by atoms with Crippen LogP contribution in [0.25, 0.3) is 11.5 Å². The molecule has 0 aliphatic rings. The third-order valence-electron chi connectivity index (χ3n) is 2.89. The van der Waals surface area contributed by atoms with E-state index >= 15 is 0 Å². The average molecular weight is 276 g/mol. The molecule has 0 bridgehead atoms. The van der Waals surface area contributed by atoms with E-state index < -0.39 is 5.92 Å². The summed E-state index contributed by atoms with van der Waals surface area (Å²) in [7, 11) is 1.51. The number of hydrogen-bond acceptors (Lipinski definition) is 7. The molecule has 106 valence electrons. The molecule has 0 aromatic carbocycles. The number of Topliss-reactive ketones (excluding diaryl/α,β-unsaturated/α-hetero) is 1. The Hall–Kier alpha value is -2.31. The van der Waals surface area contributed by atoms with E-state index in [2.05, 4.69) is 20.3 Å². The zero-order chi connectivity index (χ0) is 14.7. The summed E-state index contributed by atoms with van der Waals surface area (Å²) in [6.45, 7) is 5.38. The maximum atomic E-state index is 11.6. The second-order valence-electron chi connectivity index (χ2n) is 4.75. The molecule has 0 aliphatic heterocycles. The zero-order valence-corrected chi connectivity index (χ0v) is 11.8. The van der Waals surface area contributed by atoms with Gasteiger partial charge in [0.15, 0.2) is 0 Å². The molecular weight excluding hydrogens is 260 g/mol. The summed E-state index contributed by atoms with van der Waals surface area (Å²) in [5, 5.41) is 11.6. The van der Waals surface area contributed by atoms with Crippen LogP contribution < -0.4 is 4.74 Å². The number of rotatable bonds is 5. The highest BCUT2D eigenvalue weighted by atomic mass is 16.5. The Morgan fingerprint density at radius 1 is 1.30 bits per heavy atom. The van der Waals surface area contributed by atoms with Crippen molar-refractivity contribution >= 4 is 5.78 Å². The van der Waals surface area contributed by atoms with Crippen LogP contribution in [0.1, 0.15) is 32.6 Å². The van der Waals surface area contributed by atoms with Gasteiger partial charge in [0.05, 0.1) is 13.0 Å². The second-order valence-corrected chi connectivity index (χ2v) is 4.75. The molecule has 0 spiro atoms. The molecule has 2 aromatic rings. The van der Waals surface area contributed by atoms with Crippen LogP contribution >= 0.6 is 0 Å². The predicted molar refractivity (Wildman–Crippen MR) is 70.1 cm³/mol. The van der Waals surface area contributed by atoms with Crippen molar-refractivity contribution in [3.05, 3.63) is 18.0 Å². The van der Waals surface area contributed by atoms with Gasteiger partial charge in [0, 0.05) is 6.07 Å². The monoisotopic (exact) mass is 276 g/mol. The first-order valence-corrected chi connectivity index (χ1v) is 6.25. The number of methoxy groups -OCH3 is 1. The highest BCUT2D eigenvalue weighted by molar-refractivity contribution is 5.82. The van der Waals surface area contributed by atoms with Crippen LogP contribution in [0.2, 0.25) is 0 Å². The SMILES string of the molecule is COc1ccc(-c2noc(C(C(C)=O)C(C)C)n2)nn1. The molecule has 1 unspecified atom stereocenters. The molecular formula is C13H16N4O3. The highest BCUT2D eigenvalue weighted by Gasteiger charge is 2.27. The van der Waals surface area contributed by atoms with E-state index in [1.807, 2.05) is 13.8 Å². The standard InChI is InChI=1S/C13H16N4O3/c1-7(2)11(8(3)18)13-14-12(17-20-13)9-5-6-10(19-4)16-15-9/h5-7,11H,1-4H3. The molecule has 2 rings (SSSR count). The lowest BCUT2D eigenvalue weighted by Crippen LogP contribution is -2.15. The van der Waals surface area contributed by atoms with E-state index in [0.717, 1.165) is 0 Å². The fourth-order valence-corrected chi connectivity index (χ4v) is 1.94. The third kappa shape index (κ3) is 2.81. The molecule has 2 aromatic heterocycles. The molecule has 1 atom stereocenters. The second kappa shape index (κ2) is 5.77. The summed E-state index contributed by atoms with van der Waals surface area (Å²) in [5.41, 5.74) is 0.465. The van der Waals surface area contributed by atoms with Crippen LogP contribution in [0, 0.1) is 5.92 Å². The molecule has 7 nitrogen and oxygen atoms in total. The molecule has 0 N–H and O–H groups in total. The van der Waals surface area contributed by atoms with Crippen molar-refractivity contribution < 1.29 is 14.1 Å². The lowest BCUT2D eigenvalue weighted by Gasteiger charge is -2.12. The van der Waals surface area contributed by atoms with Gasteiger partial charge < -0.3 is 9.26 Å². The molecule has 0 fully saturated rings. The van der Waals surface area contributed by atoms with Gasteiger partial charge in [-0.2, -0.15) is 4.98 Å². The lowest BCUT2D eigenvalue weighted by molar-refractivity contribution is -0.119. The van der Waals surface area contributed by atoms with Gasteiger partial charge >= 0.3 is 0 Å². The van der Waals surface area contributed by atoms with Crippen LogP contribution in [0.15, 0.2) is 16.7 Å². The number of nitrogens with zero attached hydrogens (tertiary/aromatic N) is 4. The van der Waals surface area contributed by atoms with E-state index in [0.29, 0.717) is 23.3 Å². The first-order valence-electron chi connectivity index (χ1n) is 6.25. The van der Waals surface area contributed by atoms with Crippen molar-refractivity contribution in [3.8, 4) is 17.4 Å². The average Bonchev–Trinajstić information content (AvgIpc) is 2.87. The quantitative estimate of drug-likeness (QED) is 0.823. The normalized spacial score (nSPS) is 12.4. The number of hydrogen-bond donors (Lipinski definition) is 0. The Bertz CT molecular complexity index is 592. The van der Waals surface area contributed by atoms with Gasteiger partial charge in [-0.3, -0.25) is 4.79 Å². The molecule has 20 heavy (non-hydrogen) atoms. The van der Waals surface area contributed by atoms with Crippen molar-refractivity contribution in [2.24, 2.45) is 5.92 Å². The minimum absolute atomic E-state index is 0.00369. The smallest absolute Gasteiger partial charge is 0.237 e. The summed E-state index contributed by atoms with van der Waals surface area (Å²) in [4.78, 5) is 15.9. The number of carbonyl (C=O) groups excluding carboxylic acids is 1. The van der Waals surface area contributed by atoms with Crippen molar-refractivity contribution in [1.82, 2.24) is 20.3 Å². The minimum atomic E-state index is -0.401. The van der Waals surface area contributed by atoms with E-state index in [4.69, 9.17) is 9.26 Å². The maximum Gasteiger partial charge on any atom is 0.237 e. The molecule has 7 heteroatoms. The number of ketones is 1. The Labute approximate surface area is 116 Å². The Morgan fingerprint density at radius 3 is 2.55 bits per heavy atom. The van der Waals surface area contributed by atoms with Crippen LogP contribution in [0.4, 0.5) is 0 Å². The van der Waals surface area contributed by atoms with Gasteiger partial charge in [-0.05, 0) is 18.9 Å².